The summed E-state index contributed by atoms with van der Waals surface area (Å²) in [5.41, 5.74) is 0. The number of rotatable bonds is 8. The number of esters is 1. The molecule has 0 saturated heterocycles. The normalized spacial score (nSPS) is 13.5. The third-order valence-corrected chi connectivity index (χ3v) is 1.71. The van der Waals surface area contributed by atoms with Crippen LogP contribution in [0.2, 0.25) is 0 Å². The molecule has 0 amide bonds. The summed E-state index contributed by atoms with van der Waals surface area (Å²) in [4.78, 5) is 11.1. The zero-order valence-corrected chi connectivity index (χ0v) is 9.88. The van der Waals surface area contributed by atoms with Crippen molar-refractivity contribution >= 4 is 5.97 Å². The number of halogens is 3. The Balaban J connectivity index is 3.61. The zero-order chi connectivity index (χ0) is 13.3. The van der Waals surface area contributed by atoms with Crippen molar-refractivity contribution in [3.8, 4) is 0 Å². The lowest BCUT2D eigenvalue weighted by atomic mass is 10.4. The van der Waals surface area contributed by atoms with Gasteiger partial charge in [0.2, 0.25) is 0 Å². The molecule has 1 atom stereocenters. The van der Waals surface area contributed by atoms with Crippen LogP contribution in [0.25, 0.3) is 0 Å². The maximum atomic E-state index is 11.8. The Hall–Kier alpha value is -0.820. The van der Waals surface area contributed by atoms with Gasteiger partial charge in [-0.25, -0.2) is 4.79 Å². The summed E-state index contributed by atoms with van der Waals surface area (Å²) in [6.45, 7) is 2.72. The Bertz CT molecular complexity index is 218. The molecular formula is C10H17F3O4. The Labute approximate surface area is 98.0 Å². The summed E-state index contributed by atoms with van der Waals surface area (Å²) in [6.07, 6.45) is -5.15. The first-order valence-electron chi connectivity index (χ1n) is 5.29. The number of hydrogen-bond donors (Lipinski definition) is 0. The summed E-state index contributed by atoms with van der Waals surface area (Å²) < 4.78 is 49.3. The highest BCUT2D eigenvalue weighted by Gasteiger charge is 2.30. The molecule has 0 aromatic carbocycles. The van der Waals surface area contributed by atoms with Crippen molar-refractivity contribution < 1.29 is 32.2 Å². The van der Waals surface area contributed by atoms with Gasteiger partial charge in [-0.2, -0.15) is 13.2 Å². The first-order valence-corrected chi connectivity index (χ1v) is 5.29. The molecule has 0 aromatic rings. The first-order chi connectivity index (χ1) is 7.87. The molecule has 0 heterocycles. The highest BCUT2D eigenvalue weighted by molar-refractivity contribution is 5.74. The van der Waals surface area contributed by atoms with Crippen LogP contribution < -0.4 is 0 Å². The Morgan fingerprint density at radius 1 is 1.29 bits per heavy atom. The van der Waals surface area contributed by atoms with E-state index in [4.69, 9.17) is 9.47 Å². The average molecular weight is 258 g/mol. The van der Waals surface area contributed by atoms with E-state index in [1.165, 1.54) is 6.92 Å². The first kappa shape index (κ1) is 16.2. The Kier molecular flexibility index (Phi) is 7.90. The van der Waals surface area contributed by atoms with Crippen LogP contribution in [0.3, 0.4) is 0 Å². The van der Waals surface area contributed by atoms with E-state index in [-0.39, 0.29) is 6.61 Å². The molecule has 4 nitrogen and oxygen atoms in total. The third-order valence-electron chi connectivity index (χ3n) is 1.71. The highest BCUT2D eigenvalue weighted by atomic mass is 19.4. The van der Waals surface area contributed by atoms with E-state index in [2.05, 4.69) is 4.74 Å². The van der Waals surface area contributed by atoms with E-state index in [0.717, 1.165) is 0 Å². The maximum Gasteiger partial charge on any atom is 0.411 e. The molecule has 102 valence electrons. The Morgan fingerprint density at radius 2 is 1.94 bits per heavy atom. The van der Waals surface area contributed by atoms with E-state index >= 15 is 0 Å². The SMILES string of the molecule is CCOCCCOC(=O)C(C)OCC(F)(F)F. The topological polar surface area (TPSA) is 44.8 Å². The predicted octanol–water partition coefficient (Wildman–Crippen LogP) is 1.92. The van der Waals surface area contributed by atoms with Gasteiger partial charge in [0.05, 0.1) is 6.61 Å². The van der Waals surface area contributed by atoms with Crippen LogP contribution in [-0.2, 0) is 19.0 Å². The summed E-state index contributed by atoms with van der Waals surface area (Å²) in [7, 11) is 0. The van der Waals surface area contributed by atoms with Crippen molar-refractivity contribution in [1.29, 1.82) is 0 Å². The number of ether oxygens (including phenoxy) is 3. The van der Waals surface area contributed by atoms with Crippen molar-refractivity contribution in [3.05, 3.63) is 0 Å². The molecule has 0 rings (SSSR count). The summed E-state index contributed by atoms with van der Waals surface area (Å²) in [5, 5.41) is 0. The van der Waals surface area contributed by atoms with Crippen molar-refractivity contribution in [2.45, 2.75) is 32.5 Å². The van der Waals surface area contributed by atoms with E-state index in [1.807, 2.05) is 6.92 Å². The van der Waals surface area contributed by atoms with Crippen molar-refractivity contribution in [2.24, 2.45) is 0 Å². The second kappa shape index (κ2) is 8.30. The molecule has 0 aliphatic heterocycles. The van der Waals surface area contributed by atoms with E-state index in [1.54, 1.807) is 0 Å². The van der Waals surface area contributed by atoms with Crippen LogP contribution in [0.4, 0.5) is 13.2 Å². The van der Waals surface area contributed by atoms with Gasteiger partial charge in [0.15, 0.2) is 6.10 Å². The van der Waals surface area contributed by atoms with Gasteiger partial charge in [0.1, 0.15) is 6.61 Å². The zero-order valence-electron chi connectivity index (χ0n) is 9.88. The summed E-state index contributed by atoms with van der Waals surface area (Å²) in [6, 6.07) is 0. The predicted molar refractivity (Wildman–Crippen MR) is 53.5 cm³/mol. The molecule has 0 aliphatic rings. The van der Waals surface area contributed by atoms with Crippen LogP contribution in [-0.4, -0.2) is 44.7 Å². The van der Waals surface area contributed by atoms with Crippen LogP contribution in [0.5, 0.6) is 0 Å². The molecule has 0 N–H and O–H groups in total. The van der Waals surface area contributed by atoms with Gasteiger partial charge in [0, 0.05) is 19.6 Å². The molecule has 0 spiro atoms. The van der Waals surface area contributed by atoms with E-state index < -0.39 is 24.9 Å². The number of alkyl halides is 3. The summed E-state index contributed by atoms with van der Waals surface area (Å²) >= 11 is 0. The minimum atomic E-state index is -4.44. The van der Waals surface area contributed by atoms with E-state index in [0.29, 0.717) is 19.6 Å². The molecule has 0 aliphatic carbocycles. The average Bonchev–Trinajstić information content (AvgIpc) is 2.24. The smallest absolute Gasteiger partial charge is 0.411 e. The standard InChI is InChI=1S/C10H17F3O4/c1-3-15-5-4-6-16-9(14)8(2)17-7-10(11,12)13/h8H,3-7H2,1-2H3. The van der Waals surface area contributed by atoms with Crippen LogP contribution in [0, 0.1) is 0 Å². The van der Waals surface area contributed by atoms with Gasteiger partial charge in [-0.1, -0.05) is 0 Å². The molecule has 0 bridgehead atoms. The minimum Gasteiger partial charge on any atom is -0.464 e. The quantitative estimate of drug-likeness (QED) is 0.493. The fourth-order valence-electron chi connectivity index (χ4n) is 0.883. The lowest BCUT2D eigenvalue weighted by Crippen LogP contribution is -2.29. The number of carbonyl (C=O) groups excluding carboxylic acids is 1. The van der Waals surface area contributed by atoms with Gasteiger partial charge >= 0.3 is 12.1 Å². The third kappa shape index (κ3) is 10.1. The van der Waals surface area contributed by atoms with Gasteiger partial charge in [-0.3, -0.25) is 0 Å². The molecule has 0 fully saturated rings. The fraction of sp³-hybridized carbons (Fsp3) is 0.900. The molecule has 0 saturated carbocycles. The number of hydrogen-bond acceptors (Lipinski definition) is 4. The van der Waals surface area contributed by atoms with Crippen molar-refractivity contribution in [3.63, 3.8) is 0 Å². The monoisotopic (exact) mass is 258 g/mol. The molecule has 7 heteroatoms. The minimum absolute atomic E-state index is 0.110. The lowest BCUT2D eigenvalue weighted by Gasteiger charge is -2.13. The highest BCUT2D eigenvalue weighted by Crippen LogP contribution is 2.15. The second-order valence-corrected chi connectivity index (χ2v) is 3.29. The van der Waals surface area contributed by atoms with Crippen LogP contribution >= 0.6 is 0 Å². The molecule has 0 aromatic heterocycles. The molecule has 17 heavy (non-hydrogen) atoms. The van der Waals surface area contributed by atoms with Gasteiger partial charge in [0.25, 0.3) is 0 Å². The second-order valence-electron chi connectivity index (χ2n) is 3.29. The largest absolute Gasteiger partial charge is 0.464 e. The molecular weight excluding hydrogens is 241 g/mol. The lowest BCUT2D eigenvalue weighted by molar-refractivity contribution is -0.192. The number of carbonyl (C=O) groups is 1. The Morgan fingerprint density at radius 3 is 2.47 bits per heavy atom. The maximum absolute atomic E-state index is 11.8. The van der Waals surface area contributed by atoms with Crippen molar-refractivity contribution in [1.82, 2.24) is 0 Å². The van der Waals surface area contributed by atoms with Crippen LogP contribution in [0.15, 0.2) is 0 Å². The molecule has 0 radical (unpaired) electrons. The van der Waals surface area contributed by atoms with Gasteiger partial charge in [-0.15, -0.1) is 0 Å². The summed E-state index contributed by atoms with van der Waals surface area (Å²) in [5.74, 6) is -0.800. The van der Waals surface area contributed by atoms with Gasteiger partial charge < -0.3 is 14.2 Å². The van der Waals surface area contributed by atoms with E-state index in [9.17, 15) is 18.0 Å². The van der Waals surface area contributed by atoms with Crippen LogP contribution in [0.1, 0.15) is 20.3 Å². The van der Waals surface area contributed by atoms with Gasteiger partial charge in [-0.05, 0) is 13.8 Å². The fourth-order valence-corrected chi connectivity index (χ4v) is 0.883. The van der Waals surface area contributed by atoms with Crippen molar-refractivity contribution in [2.75, 3.05) is 26.4 Å². The molecule has 1 unspecified atom stereocenters.